The van der Waals surface area contributed by atoms with Crippen LogP contribution >= 0.6 is 0 Å². The number of alkyl halides is 6. The van der Waals surface area contributed by atoms with Crippen LogP contribution < -0.4 is 9.47 Å². The fourth-order valence-corrected chi connectivity index (χ4v) is 7.94. The van der Waals surface area contributed by atoms with E-state index >= 15 is 0 Å². The van der Waals surface area contributed by atoms with Crippen molar-refractivity contribution in [3.05, 3.63) is 107 Å². The Bertz CT molecular complexity index is 2600. The number of nitrogens with zero attached hydrogens (tertiary/aromatic N) is 5. The van der Waals surface area contributed by atoms with Crippen LogP contribution in [0.2, 0.25) is 0 Å². The Morgan fingerprint density at radius 1 is 0.651 bits per heavy atom. The lowest BCUT2D eigenvalue weighted by Crippen LogP contribution is -2.51. The molecule has 0 radical (unpaired) electrons. The maximum absolute atomic E-state index is 14.0. The topological polar surface area (TPSA) is 118 Å². The molecule has 7 rings (SSSR count). The van der Waals surface area contributed by atoms with Gasteiger partial charge in [-0.2, -0.15) is 36.5 Å². The average molecular weight is 878 g/mol. The van der Waals surface area contributed by atoms with E-state index in [1.807, 2.05) is 30.3 Å². The zero-order valence-corrected chi connectivity index (χ0v) is 35.1. The summed E-state index contributed by atoms with van der Waals surface area (Å²) < 4.78 is 110. The van der Waals surface area contributed by atoms with Crippen molar-refractivity contribution in [3.63, 3.8) is 0 Å². The van der Waals surface area contributed by atoms with Crippen LogP contribution in [0.5, 0.6) is 11.5 Å². The quantitative estimate of drug-likeness (QED) is 0.0868. The molecule has 1 amide bonds. The first kappa shape index (κ1) is 45.0. The molecule has 2 unspecified atom stereocenters. The second kappa shape index (κ2) is 18.3. The molecule has 2 atom stereocenters. The van der Waals surface area contributed by atoms with E-state index in [0.717, 1.165) is 24.3 Å². The number of methoxy groups -OCH3 is 2. The Labute approximate surface area is 359 Å². The minimum absolute atomic E-state index is 0.0735. The summed E-state index contributed by atoms with van der Waals surface area (Å²) in [5, 5.41) is 21.1. The monoisotopic (exact) mass is 877 g/mol. The van der Waals surface area contributed by atoms with E-state index in [1.165, 1.54) is 26.4 Å². The average Bonchev–Trinajstić information content (AvgIpc) is 3.24. The van der Waals surface area contributed by atoms with Gasteiger partial charge in [-0.25, -0.2) is 4.79 Å². The summed E-state index contributed by atoms with van der Waals surface area (Å²) in [4.78, 5) is 15.7. The van der Waals surface area contributed by atoms with Gasteiger partial charge in [0.05, 0.1) is 22.5 Å². The van der Waals surface area contributed by atoms with Crippen LogP contribution in [-0.4, -0.2) is 77.4 Å². The van der Waals surface area contributed by atoms with Gasteiger partial charge >= 0.3 is 18.4 Å². The summed E-state index contributed by atoms with van der Waals surface area (Å²) in [6.45, 7) is 5.16. The molecular weight excluding hydrogens is 833 g/mol. The van der Waals surface area contributed by atoms with Crippen molar-refractivity contribution >= 4 is 27.6 Å². The summed E-state index contributed by atoms with van der Waals surface area (Å²) in [5.74, 6) is -0.375. The highest BCUT2D eigenvalue weighted by atomic mass is 19.4. The number of benzene rings is 4. The van der Waals surface area contributed by atoms with Crippen LogP contribution in [0, 0.1) is 5.92 Å². The summed E-state index contributed by atoms with van der Waals surface area (Å²) in [6.07, 6.45) is -7.82. The number of fused-ring (bicyclic) bond motifs is 2. The molecule has 0 N–H and O–H groups in total. The Balaban J connectivity index is 1.29. The zero-order valence-electron chi connectivity index (χ0n) is 35.1. The molecule has 332 valence electrons. The molecule has 3 heterocycles. The lowest BCUT2D eigenvalue weighted by Gasteiger charge is -2.42. The van der Waals surface area contributed by atoms with Gasteiger partial charge in [0.2, 0.25) is 0 Å². The van der Waals surface area contributed by atoms with Gasteiger partial charge < -0.3 is 28.6 Å². The van der Waals surface area contributed by atoms with E-state index in [9.17, 15) is 31.1 Å². The Morgan fingerprint density at radius 3 is 1.56 bits per heavy atom. The van der Waals surface area contributed by atoms with Crippen LogP contribution in [0.4, 0.5) is 31.1 Å². The van der Waals surface area contributed by atoms with Crippen LogP contribution in [0.1, 0.15) is 56.1 Å². The van der Waals surface area contributed by atoms with Crippen LogP contribution in [-0.2, 0) is 39.4 Å². The molecule has 2 aromatic heterocycles. The smallest absolute Gasteiger partial charge is 0.416 e. The number of aromatic nitrogens is 4. The van der Waals surface area contributed by atoms with E-state index in [0.29, 0.717) is 75.7 Å². The number of hydrogen-bond donors (Lipinski definition) is 0. The van der Waals surface area contributed by atoms with Crippen LogP contribution in [0.25, 0.3) is 44.1 Å². The minimum atomic E-state index is -4.62. The molecule has 11 nitrogen and oxygen atoms in total. The molecule has 17 heteroatoms. The highest BCUT2D eigenvalue weighted by molar-refractivity contribution is 5.98. The highest BCUT2D eigenvalue weighted by Crippen LogP contribution is 2.42. The number of rotatable bonds is 12. The van der Waals surface area contributed by atoms with E-state index in [2.05, 4.69) is 20.4 Å². The number of piperidine rings is 1. The lowest BCUT2D eigenvalue weighted by atomic mass is 9.82. The van der Waals surface area contributed by atoms with Gasteiger partial charge in [-0.05, 0) is 82.3 Å². The van der Waals surface area contributed by atoms with Gasteiger partial charge in [0.1, 0.15) is 28.5 Å². The largest absolute Gasteiger partial charge is 0.467 e. The molecule has 1 saturated heterocycles. The molecule has 1 fully saturated rings. The van der Waals surface area contributed by atoms with Gasteiger partial charge in [0.15, 0.2) is 13.6 Å². The van der Waals surface area contributed by atoms with Gasteiger partial charge in [-0.15, -0.1) is 10.2 Å². The molecule has 0 saturated carbocycles. The summed E-state index contributed by atoms with van der Waals surface area (Å²) in [7, 11) is 2.72. The fraction of sp³-hybridized carbons (Fsp3) is 0.370. The maximum Gasteiger partial charge on any atom is 0.416 e. The maximum atomic E-state index is 14.0. The number of likely N-dealkylation sites (tertiary alicyclic amines) is 1. The first-order chi connectivity index (χ1) is 30.0. The van der Waals surface area contributed by atoms with Crippen molar-refractivity contribution < 1.29 is 54.8 Å². The highest BCUT2D eigenvalue weighted by Gasteiger charge is 2.39. The van der Waals surface area contributed by atoms with E-state index in [4.69, 9.17) is 23.7 Å². The molecule has 0 bridgehead atoms. The number of halogens is 6. The molecule has 6 aromatic rings. The standard InChI is InChI=1S/C46H45F6N5O6/c1-44(2,3)63-43(58)57-20-10-11-27(21-36-30-12-6-8-14-32(30)41(55-53-36)34-18-16-28(45(47,48)49)22-39(34)61-25-59-4)38(57)24-37-31-13-7-9-15-33(31)42(56-54-37)35-19-17-29(46(50,51)52)23-40(35)62-26-60-5/h6-9,12-19,22-23,27,38H,10-11,20-21,24-26H2,1-5H3. The van der Waals surface area contributed by atoms with Crippen LogP contribution in [0.15, 0.2) is 84.9 Å². The predicted molar refractivity (Wildman–Crippen MR) is 222 cm³/mol. The minimum Gasteiger partial charge on any atom is -0.467 e. The van der Waals surface area contributed by atoms with E-state index in [1.54, 1.807) is 43.9 Å². The number of carbonyl (C=O) groups excluding carboxylic acids is 1. The van der Waals surface area contributed by atoms with Crippen molar-refractivity contribution in [3.8, 4) is 34.0 Å². The number of ether oxygens (including phenoxy) is 5. The zero-order chi connectivity index (χ0) is 45.1. The number of amides is 1. The van der Waals surface area contributed by atoms with E-state index < -0.39 is 41.2 Å². The van der Waals surface area contributed by atoms with Crippen molar-refractivity contribution in [2.75, 3.05) is 34.4 Å². The SMILES string of the molecule is COCOc1cc(C(F)(F)F)ccc1-c1nnc(CC2CCCN(C(=O)OC(C)(C)C)C2Cc2nnc(-c3ccc(C(F)(F)F)cc3OCOC)c3ccccc23)c2ccccc12. The second-order valence-electron chi connectivity index (χ2n) is 16.2. The van der Waals surface area contributed by atoms with Gasteiger partial charge in [-0.1, -0.05) is 48.5 Å². The summed E-state index contributed by atoms with van der Waals surface area (Å²) >= 11 is 0. The molecule has 4 aromatic carbocycles. The first-order valence-corrected chi connectivity index (χ1v) is 20.1. The Kier molecular flexibility index (Phi) is 13.1. The molecule has 0 spiro atoms. The van der Waals surface area contributed by atoms with Gasteiger partial charge in [-0.3, -0.25) is 0 Å². The third kappa shape index (κ3) is 10.1. The van der Waals surface area contributed by atoms with Gasteiger partial charge in [0.25, 0.3) is 0 Å². The first-order valence-electron chi connectivity index (χ1n) is 20.1. The summed E-state index contributed by atoms with van der Waals surface area (Å²) in [5.41, 5.74) is -0.245. The van der Waals surface area contributed by atoms with Crippen molar-refractivity contribution in [2.45, 2.75) is 70.4 Å². The Morgan fingerprint density at radius 2 is 1.11 bits per heavy atom. The normalized spacial score (nSPS) is 16.1. The summed E-state index contributed by atoms with van der Waals surface area (Å²) in [6, 6.07) is 20.4. The third-order valence-corrected chi connectivity index (χ3v) is 10.7. The Hall–Kier alpha value is -6.07. The molecule has 1 aliphatic heterocycles. The fourth-order valence-electron chi connectivity index (χ4n) is 7.94. The van der Waals surface area contributed by atoms with Crippen molar-refractivity contribution in [2.24, 2.45) is 5.92 Å². The third-order valence-electron chi connectivity index (χ3n) is 10.7. The lowest BCUT2D eigenvalue weighted by molar-refractivity contribution is -0.138. The molecular formula is C46H45F6N5O6. The molecule has 0 aliphatic carbocycles. The predicted octanol–water partition coefficient (Wildman–Crippen LogP) is 10.7. The van der Waals surface area contributed by atoms with E-state index in [-0.39, 0.29) is 43.0 Å². The molecule has 63 heavy (non-hydrogen) atoms. The van der Waals surface area contributed by atoms with Crippen molar-refractivity contribution in [1.29, 1.82) is 0 Å². The second-order valence-corrected chi connectivity index (χ2v) is 16.2. The van der Waals surface area contributed by atoms with Crippen molar-refractivity contribution in [1.82, 2.24) is 25.3 Å². The number of carbonyl (C=O) groups is 1. The molecule has 1 aliphatic rings. The van der Waals surface area contributed by atoms with Gasteiger partial charge in [0, 0.05) is 65.9 Å². The number of hydrogen-bond acceptors (Lipinski definition) is 10. The van der Waals surface area contributed by atoms with Crippen LogP contribution in [0.3, 0.4) is 0 Å².